The lowest BCUT2D eigenvalue weighted by Crippen LogP contribution is -1.90. The van der Waals surface area contributed by atoms with Crippen molar-refractivity contribution in [2.45, 2.75) is 6.92 Å². The van der Waals surface area contributed by atoms with Crippen LogP contribution < -0.4 is 10.1 Å². The van der Waals surface area contributed by atoms with Gasteiger partial charge in [-0.2, -0.15) is 0 Å². The van der Waals surface area contributed by atoms with Crippen molar-refractivity contribution in [2.24, 2.45) is 0 Å². The molecule has 0 radical (unpaired) electrons. The molecule has 0 aliphatic heterocycles. The standard InChI is InChI=1S/C19H17NO/c1-15-7-9-16(10-8-15)20-17-11-13-19(14-12-17)21-18-5-3-2-4-6-18/h2-14,20H,1H3. The molecule has 0 saturated heterocycles. The summed E-state index contributed by atoms with van der Waals surface area (Å²) in [6, 6.07) is 26.1. The first kappa shape index (κ1) is 13.3. The summed E-state index contributed by atoms with van der Waals surface area (Å²) < 4.78 is 5.77. The van der Waals surface area contributed by atoms with Crippen LogP contribution >= 0.6 is 0 Å². The van der Waals surface area contributed by atoms with Crippen molar-refractivity contribution in [3.05, 3.63) is 84.4 Å². The van der Waals surface area contributed by atoms with Crippen LogP contribution in [0.4, 0.5) is 11.4 Å². The predicted octanol–water partition coefficient (Wildman–Crippen LogP) is 5.53. The second-order valence-electron chi connectivity index (χ2n) is 4.93. The van der Waals surface area contributed by atoms with Crippen LogP contribution in [0.15, 0.2) is 78.9 Å². The average Bonchev–Trinajstić information content (AvgIpc) is 2.53. The van der Waals surface area contributed by atoms with Crippen LogP contribution in [0.2, 0.25) is 0 Å². The van der Waals surface area contributed by atoms with Crippen molar-refractivity contribution in [1.82, 2.24) is 0 Å². The van der Waals surface area contributed by atoms with Crippen molar-refractivity contribution in [3.63, 3.8) is 0 Å². The zero-order valence-corrected chi connectivity index (χ0v) is 11.9. The maximum Gasteiger partial charge on any atom is 0.127 e. The maximum atomic E-state index is 5.77. The zero-order valence-electron chi connectivity index (χ0n) is 11.9. The molecule has 0 aliphatic carbocycles. The molecule has 0 aliphatic rings. The number of para-hydroxylation sites is 1. The van der Waals surface area contributed by atoms with Gasteiger partial charge in [0.15, 0.2) is 0 Å². The van der Waals surface area contributed by atoms with Crippen LogP contribution in [0.5, 0.6) is 11.5 Å². The van der Waals surface area contributed by atoms with Crippen molar-refractivity contribution in [2.75, 3.05) is 5.32 Å². The van der Waals surface area contributed by atoms with Crippen LogP contribution in [-0.4, -0.2) is 0 Å². The lowest BCUT2D eigenvalue weighted by molar-refractivity contribution is 0.483. The van der Waals surface area contributed by atoms with E-state index in [0.717, 1.165) is 22.9 Å². The van der Waals surface area contributed by atoms with Crippen LogP contribution in [0, 0.1) is 6.92 Å². The van der Waals surface area contributed by atoms with Gasteiger partial charge in [-0.15, -0.1) is 0 Å². The highest BCUT2D eigenvalue weighted by Crippen LogP contribution is 2.24. The van der Waals surface area contributed by atoms with E-state index in [-0.39, 0.29) is 0 Å². The van der Waals surface area contributed by atoms with Gasteiger partial charge in [-0.25, -0.2) is 0 Å². The fourth-order valence-corrected chi connectivity index (χ4v) is 2.03. The van der Waals surface area contributed by atoms with E-state index in [9.17, 15) is 0 Å². The van der Waals surface area contributed by atoms with E-state index >= 15 is 0 Å². The van der Waals surface area contributed by atoms with Crippen molar-refractivity contribution in [1.29, 1.82) is 0 Å². The first-order valence-electron chi connectivity index (χ1n) is 6.96. The molecule has 2 heteroatoms. The van der Waals surface area contributed by atoms with Gasteiger partial charge in [0, 0.05) is 11.4 Å². The van der Waals surface area contributed by atoms with Gasteiger partial charge >= 0.3 is 0 Å². The lowest BCUT2D eigenvalue weighted by atomic mass is 10.2. The van der Waals surface area contributed by atoms with E-state index in [2.05, 4.69) is 36.5 Å². The first-order valence-corrected chi connectivity index (χ1v) is 6.96. The van der Waals surface area contributed by atoms with Crippen LogP contribution in [0.25, 0.3) is 0 Å². The summed E-state index contributed by atoms with van der Waals surface area (Å²) in [6.45, 7) is 2.08. The fraction of sp³-hybridized carbons (Fsp3) is 0.0526. The molecule has 0 atom stereocenters. The van der Waals surface area contributed by atoms with E-state index in [1.807, 2.05) is 54.6 Å². The van der Waals surface area contributed by atoms with Crippen molar-refractivity contribution in [3.8, 4) is 11.5 Å². The van der Waals surface area contributed by atoms with Gasteiger partial charge in [0.1, 0.15) is 11.5 Å². The normalized spacial score (nSPS) is 10.1. The molecule has 0 saturated carbocycles. The third-order valence-electron chi connectivity index (χ3n) is 3.17. The molecule has 104 valence electrons. The summed E-state index contributed by atoms with van der Waals surface area (Å²) in [5.41, 5.74) is 3.38. The first-order chi connectivity index (χ1) is 10.3. The fourth-order valence-electron chi connectivity index (χ4n) is 2.03. The molecular formula is C19H17NO. The molecule has 0 aromatic heterocycles. The molecule has 1 N–H and O–H groups in total. The number of hydrogen-bond donors (Lipinski definition) is 1. The van der Waals surface area contributed by atoms with E-state index in [4.69, 9.17) is 4.74 Å². The zero-order chi connectivity index (χ0) is 14.5. The number of aryl methyl sites for hydroxylation is 1. The Kier molecular flexibility index (Phi) is 3.88. The van der Waals surface area contributed by atoms with Crippen molar-refractivity contribution >= 4 is 11.4 Å². The quantitative estimate of drug-likeness (QED) is 0.675. The maximum absolute atomic E-state index is 5.77. The molecule has 3 rings (SSSR count). The van der Waals surface area contributed by atoms with E-state index in [0.29, 0.717) is 0 Å². The Morgan fingerprint density at radius 3 is 1.76 bits per heavy atom. The summed E-state index contributed by atoms with van der Waals surface area (Å²) >= 11 is 0. The van der Waals surface area contributed by atoms with Gasteiger partial charge in [-0.1, -0.05) is 35.9 Å². The summed E-state index contributed by atoms with van der Waals surface area (Å²) in [4.78, 5) is 0. The minimum atomic E-state index is 0.829. The Bertz CT molecular complexity index is 688. The summed E-state index contributed by atoms with van der Waals surface area (Å²) in [5.74, 6) is 1.67. The van der Waals surface area contributed by atoms with Crippen LogP contribution in [-0.2, 0) is 0 Å². The molecule has 21 heavy (non-hydrogen) atoms. The summed E-state index contributed by atoms with van der Waals surface area (Å²) in [5, 5.41) is 3.37. The van der Waals surface area contributed by atoms with Gasteiger partial charge in [0.05, 0.1) is 0 Å². The van der Waals surface area contributed by atoms with Gasteiger partial charge in [0.2, 0.25) is 0 Å². The number of nitrogens with one attached hydrogen (secondary N) is 1. The Morgan fingerprint density at radius 2 is 1.14 bits per heavy atom. The molecular weight excluding hydrogens is 258 g/mol. The number of hydrogen-bond acceptors (Lipinski definition) is 2. The summed E-state index contributed by atoms with van der Waals surface area (Å²) in [7, 11) is 0. The monoisotopic (exact) mass is 275 g/mol. The molecule has 0 spiro atoms. The highest BCUT2D eigenvalue weighted by Gasteiger charge is 1.98. The van der Waals surface area contributed by atoms with Gasteiger partial charge in [-0.05, 0) is 55.5 Å². The second-order valence-corrected chi connectivity index (χ2v) is 4.93. The van der Waals surface area contributed by atoms with Gasteiger partial charge < -0.3 is 10.1 Å². The Balaban J connectivity index is 1.68. The highest BCUT2D eigenvalue weighted by atomic mass is 16.5. The topological polar surface area (TPSA) is 21.3 Å². The van der Waals surface area contributed by atoms with Crippen molar-refractivity contribution < 1.29 is 4.74 Å². The van der Waals surface area contributed by atoms with E-state index < -0.39 is 0 Å². The highest BCUT2D eigenvalue weighted by molar-refractivity contribution is 5.60. The smallest absolute Gasteiger partial charge is 0.127 e. The summed E-state index contributed by atoms with van der Waals surface area (Å²) in [6.07, 6.45) is 0. The number of anilines is 2. The minimum Gasteiger partial charge on any atom is -0.457 e. The number of rotatable bonds is 4. The molecule has 0 heterocycles. The Morgan fingerprint density at radius 1 is 0.619 bits per heavy atom. The van der Waals surface area contributed by atoms with E-state index in [1.165, 1.54) is 5.56 Å². The minimum absolute atomic E-state index is 0.829. The van der Waals surface area contributed by atoms with Crippen LogP contribution in [0.3, 0.4) is 0 Å². The predicted molar refractivity (Wildman–Crippen MR) is 87.4 cm³/mol. The third kappa shape index (κ3) is 3.63. The molecule has 0 unspecified atom stereocenters. The average molecular weight is 275 g/mol. The van der Waals surface area contributed by atoms with Gasteiger partial charge in [0.25, 0.3) is 0 Å². The second kappa shape index (κ2) is 6.14. The molecule has 3 aromatic carbocycles. The molecule has 0 bridgehead atoms. The van der Waals surface area contributed by atoms with Crippen LogP contribution in [0.1, 0.15) is 5.56 Å². The molecule has 3 aromatic rings. The molecule has 2 nitrogen and oxygen atoms in total. The largest absolute Gasteiger partial charge is 0.457 e. The lowest BCUT2D eigenvalue weighted by Gasteiger charge is -2.09. The Labute approximate surface area is 125 Å². The number of benzene rings is 3. The Hall–Kier alpha value is -2.74. The number of ether oxygens (including phenoxy) is 1. The third-order valence-corrected chi connectivity index (χ3v) is 3.17. The SMILES string of the molecule is Cc1ccc(Nc2ccc(Oc3ccccc3)cc2)cc1. The molecule has 0 amide bonds. The van der Waals surface area contributed by atoms with Gasteiger partial charge in [-0.3, -0.25) is 0 Å². The van der Waals surface area contributed by atoms with E-state index in [1.54, 1.807) is 0 Å². The molecule has 0 fully saturated rings.